The number of hydrogen-bond donors (Lipinski definition) is 1. The Hall–Kier alpha value is -1.89. The number of carbonyl (C=O) groups excluding carboxylic acids is 1. The fourth-order valence-electron chi connectivity index (χ4n) is 4.74. The van der Waals surface area contributed by atoms with Crippen LogP contribution in [0.5, 0.6) is 0 Å². The Morgan fingerprint density at radius 2 is 1.67 bits per heavy atom. The number of rotatable bonds is 9. The second-order valence-corrected chi connectivity index (χ2v) is 11.7. The molecule has 39 heavy (non-hydrogen) atoms. The summed E-state index contributed by atoms with van der Waals surface area (Å²) >= 11 is 1.82. The topological polar surface area (TPSA) is 66.5 Å². The summed E-state index contributed by atoms with van der Waals surface area (Å²) in [5.41, 5.74) is 5.54. The minimum atomic E-state index is -0.478. The number of hydrogen-bond acceptors (Lipinski definition) is 8. The van der Waals surface area contributed by atoms with Gasteiger partial charge in [0, 0.05) is 74.7 Å². The highest BCUT2D eigenvalue weighted by molar-refractivity contribution is 7.99. The van der Waals surface area contributed by atoms with E-state index in [0.29, 0.717) is 26.3 Å². The van der Waals surface area contributed by atoms with Gasteiger partial charge in [-0.05, 0) is 63.1 Å². The molecule has 1 amide bonds. The molecule has 2 aromatic carbocycles. The Morgan fingerprint density at radius 1 is 1.00 bits per heavy atom. The molecule has 0 saturated carbocycles. The van der Waals surface area contributed by atoms with Crippen molar-refractivity contribution in [3.63, 3.8) is 0 Å². The van der Waals surface area contributed by atoms with Crippen LogP contribution in [0.1, 0.15) is 33.3 Å². The number of anilines is 4. The maximum atomic E-state index is 12.5. The number of fused-ring (bicyclic) bond motifs is 2. The molecule has 0 spiro atoms. The molecule has 8 nitrogen and oxygen atoms in total. The maximum Gasteiger partial charge on any atom is 0.410 e. The van der Waals surface area contributed by atoms with Gasteiger partial charge in [0.15, 0.2) is 0 Å². The first kappa shape index (κ1) is 31.6. The normalized spacial score (nSPS) is 14.6. The summed E-state index contributed by atoms with van der Waals surface area (Å²) in [7, 11) is 3.47. The minimum absolute atomic E-state index is 0. The molecule has 0 unspecified atom stereocenters. The van der Waals surface area contributed by atoms with Gasteiger partial charge in [-0.1, -0.05) is 18.7 Å². The zero-order valence-corrected chi connectivity index (χ0v) is 27.0. The second kappa shape index (κ2) is 14.1. The predicted molar refractivity (Wildman–Crippen MR) is 156 cm³/mol. The van der Waals surface area contributed by atoms with Crippen molar-refractivity contribution in [1.82, 2.24) is 4.90 Å². The van der Waals surface area contributed by atoms with Gasteiger partial charge in [0.2, 0.25) is 0 Å². The molecule has 2 heterocycles. The Bertz CT molecular complexity index is 1110. The summed E-state index contributed by atoms with van der Waals surface area (Å²) in [6, 6.07) is 11.2. The lowest BCUT2D eigenvalue weighted by Gasteiger charge is -2.37. The van der Waals surface area contributed by atoms with Crippen molar-refractivity contribution in [3.05, 3.63) is 35.9 Å². The molecule has 1 saturated heterocycles. The number of nitrogens with zero attached hydrogens (tertiary/aromatic N) is 3. The molecule has 1 N–H and O–H groups in total. The first-order chi connectivity index (χ1) is 18.2. The van der Waals surface area contributed by atoms with Crippen molar-refractivity contribution in [2.45, 2.75) is 49.5 Å². The Labute approximate surface area is 254 Å². The first-order valence-corrected chi connectivity index (χ1v) is 14.3. The standard InChI is InChI=1S/C29H42N4O4S.HI/c1-7-21-18-23(31-10-12-33(13-11-31)28(34)37-29(2,3)4)20-26-27(21)30-24-9-8-22(19-25(24)38-26)32(14-16-35-5)15-17-36-6;/h8-9,18-20,30H,7,10-17H2,1-6H3;1H/p-1. The van der Waals surface area contributed by atoms with Gasteiger partial charge in [0.1, 0.15) is 5.60 Å². The van der Waals surface area contributed by atoms with Crippen molar-refractivity contribution in [3.8, 4) is 0 Å². The van der Waals surface area contributed by atoms with Crippen LogP contribution in [0.2, 0.25) is 0 Å². The monoisotopic (exact) mass is 669 g/mol. The van der Waals surface area contributed by atoms with E-state index in [4.69, 9.17) is 14.2 Å². The summed E-state index contributed by atoms with van der Waals surface area (Å²) in [5, 5.41) is 3.71. The van der Waals surface area contributed by atoms with Gasteiger partial charge in [0.05, 0.1) is 24.6 Å². The van der Waals surface area contributed by atoms with E-state index in [9.17, 15) is 4.79 Å². The molecule has 2 aromatic rings. The molecule has 216 valence electrons. The third-order valence-electron chi connectivity index (χ3n) is 6.79. The number of amides is 1. The number of nitrogens with one attached hydrogen (secondary N) is 1. The lowest BCUT2D eigenvalue weighted by atomic mass is 10.1. The zero-order valence-electron chi connectivity index (χ0n) is 24.0. The van der Waals surface area contributed by atoms with Crippen LogP contribution in [0.15, 0.2) is 40.1 Å². The van der Waals surface area contributed by atoms with Crippen LogP contribution in [-0.4, -0.2) is 83.3 Å². The van der Waals surface area contributed by atoms with E-state index in [1.165, 1.54) is 32.4 Å². The van der Waals surface area contributed by atoms with Gasteiger partial charge in [0.25, 0.3) is 0 Å². The zero-order chi connectivity index (χ0) is 27.3. The summed E-state index contributed by atoms with van der Waals surface area (Å²) in [6.45, 7) is 13.8. The van der Waals surface area contributed by atoms with Crippen LogP contribution in [-0.2, 0) is 20.6 Å². The van der Waals surface area contributed by atoms with Gasteiger partial charge < -0.3 is 58.2 Å². The van der Waals surface area contributed by atoms with Crippen LogP contribution < -0.4 is 39.1 Å². The molecule has 2 aliphatic heterocycles. The molecule has 0 aromatic heterocycles. The van der Waals surface area contributed by atoms with Crippen molar-refractivity contribution in [2.75, 3.05) is 81.8 Å². The summed E-state index contributed by atoms with van der Waals surface area (Å²) in [6.07, 6.45) is 0.714. The molecular formula is C29H42IN4O4S-. The Kier molecular flexibility index (Phi) is 11.5. The van der Waals surface area contributed by atoms with E-state index in [1.54, 1.807) is 14.2 Å². The molecule has 1 fully saturated rings. The molecule has 0 aliphatic carbocycles. The van der Waals surface area contributed by atoms with Crippen molar-refractivity contribution in [2.24, 2.45) is 0 Å². The molecule has 2 aliphatic rings. The molecule has 0 bridgehead atoms. The minimum Gasteiger partial charge on any atom is -1.00 e. The second-order valence-electron chi connectivity index (χ2n) is 10.7. The van der Waals surface area contributed by atoms with Crippen LogP contribution >= 0.6 is 11.8 Å². The van der Waals surface area contributed by atoms with Crippen LogP contribution in [0.4, 0.5) is 27.5 Å². The number of benzene rings is 2. The van der Waals surface area contributed by atoms with E-state index in [1.807, 2.05) is 37.4 Å². The first-order valence-electron chi connectivity index (χ1n) is 13.4. The summed E-state index contributed by atoms with van der Waals surface area (Å²) in [5.74, 6) is 0. The number of ether oxygens (including phenoxy) is 3. The Balaban J connectivity index is 0.00000420. The van der Waals surface area contributed by atoms with Gasteiger partial charge in [-0.15, -0.1) is 0 Å². The van der Waals surface area contributed by atoms with Crippen molar-refractivity contribution in [1.29, 1.82) is 0 Å². The van der Waals surface area contributed by atoms with Gasteiger partial charge in [-0.25, -0.2) is 4.79 Å². The number of piperazine rings is 1. The molecule has 0 radical (unpaired) electrons. The van der Waals surface area contributed by atoms with E-state index in [0.717, 1.165) is 38.3 Å². The molecule has 4 rings (SSSR count). The average molecular weight is 670 g/mol. The third kappa shape index (κ3) is 8.08. The molecule has 0 atom stereocenters. The van der Waals surface area contributed by atoms with E-state index in [-0.39, 0.29) is 30.1 Å². The highest BCUT2D eigenvalue weighted by atomic mass is 127. The predicted octanol–water partition coefficient (Wildman–Crippen LogP) is 2.62. The van der Waals surface area contributed by atoms with E-state index >= 15 is 0 Å². The highest BCUT2D eigenvalue weighted by Crippen LogP contribution is 2.48. The van der Waals surface area contributed by atoms with Crippen LogP contribution in [0.25, 0.3) is 0 Å². The smallest absolute Gasteiger partial charge is 0.410 e. The van der Waals surface area contributed by atoms with Crippen molar-refractivity contribution < 1.29 is 43.0 Å². The lowest BCUT2D eigenvalue weighted by molar-refractivity contribution is -0.0000517. The van der Waals surface area contributed by atoms with E-state index < -0.39 is 5.60 Å². The SMILES string of the molecule is CCc1cc(N2CCN(C(=O)OC(C)(C)C)CC2)cc2c1Nc1ccc(N(CCOC)CCOC)cc1S2.[I-]. The Morgan fingerprint density at radius 3 is 2.26 bits per heavy atom. The average Bonchev–Trinajstić information content (AvgIpc) is 2.90. The van der Waals surface area contributed by atoms with E-state index in [2.05, 4.69) is 52.4 Å². The summed E-state index contributed by atoms with van der Waals surface area (Å²) in [4.78, 5) is 21.5. The fourth-order valence-corrected chi connectivity index (χ4v) is 5.85. The highest BCUT2D eigenvalue weighted by Gasteiger charge is 2.27. The molecule has 10 heteroatoms. The third-order valence-corrected chi connectivity index (χ3v) is 7.89. The van der Waals surface area contributed by atoms with Gasteiger partial charge >= 0.3 is 6.09 Å². The fraction of sp³-hybridized carbons (Fsp3) is 0.552. The van der Waals surface area contributed by atoms with Crippen LogP contribution in [0, 0.1) is 0 Å². The van der Waals surface area contributed by atoms with Crippen molar-refractivity contribution >= 4 is 40.6 Å². The summed E-state index contributed by atoms with van der Waals surface area (Å²) < 4.78 is 16.2. The van der Waals surface area contributed by atoms with Crippen LogP contribution in [0.3, 0.4) is 0 Å². The lowest BCUT2D eigenvalue weighted by Crippen LogP contribution is -3.00. The molecular weight excluding hydrogens is 627 g/mol. The maximum absolute atomic E-state index is 12.5. The number of aryl methyl sites for hydroxylation is 1. The van der Waals surface area contributed by atoms with Gasteiger partial charge in [-0.2, -0.15) is 0 Å². The number of methoxy groups -OCH3 is 2. The quantitative estimate of drug-likeness (QED) is 0.350. The largest absolute Gasteiger partial charge is 1.00 e. The number of carbonyl (C=O) groups is 1. The number of halogens is 1. The van der Waals surface area contributed by atoms with Gasteiger partial charge in [-0.3, -0.25) is 0 Å².